The minimum Gasteiger partial charge on any atom is -0.504 e. The molecule has 148 valence electrons. The fourth-order valence-electron chi connectivity index (χ4n) is 3.82. The van der Waals surface area contributed by atoms with Crippen LogP contribution in [-0.2, 0) is 5.41 Å². The number of hydrogen-bond donors (Lipinski definition) is 1. The minimum absolute atomic E-state index is 0.0812. The molecule has 0 fully saturated rings. The Morgan fingerprint density at radius 2 is 1.72 bits per heavy atom. The highest BCUT2D eigenvalue weighted by molar-refractivity contribution is 9.10. The summed E-state index contributed by atoms with van der Waals surface area (Å²) >= 11 is 3.50. The summed E-state index contributed by atoms with van der Waals surface area (Å²) in [7, 11) is 2.88. The van der Waals surface area contributed by atoms with Crippen molar-refractivity contribution in [2.45, 2.75) is 5.41 Å². The number of phenols is 1. The summed E-state index contributed by atoms with van der Waals surface area (Å²) in [4.78, 5) is 14.0. The third-order valence-electron chi connectivity index (χ3n) is 5.25. The van der Waals surface area contributed by atoms with Gasteiger partial charge in [0.2, 0.25) is 5.75 Å². The number of fused-ring (bicyclic) bond motifs is 1. The van der Waals surface area contributed by atoms with Gasteiger partial charge in [0.05, 0.1) is 14.2 Å². The van der Waals surface area contributed by atoms with Crippen molar-refractivity contribution >= 4 is 21.7 Å². The summed E-state index contributed by atoms with van der Waals surface area (Å²) in [6.45, 7) is 0.0915. The number of carbonyl (C=O) groups is 1. The molecule has 0 saturated carbocycles. The SMILES string of the molecule is COc1cc2c(c(O)c1OC)C(=O)C(c1ccccc1)(c1cccc(Br)c1)CO2. The van der Waals surface area contributed by atoms with Gasteiger partial charge in [-0.2, -0.15) is 0 Å². The number of ketones is 1. The lowest BCUT2D eigenvalue weighted by atomic mass is 9.68. The Hall–Kier alpha value is -2.99. The van der Waals surface area contributed by atoms with E-state index in [9.17, 15) is 9.90 Å². The average Bonchev–Trinajstić information content (AvgIpc) is 2.74. The van der Waals surface area contributed by atoms with E-state index in [0.29, 0.717) is 5.75 Å². The van der Waals surface area contributed by atoms with E-state index in [-0.39, 0.29) is 35.2 Å². The van der Waals surface area contributed by atoms with E-state index in [1.807, 2.05) is 54.6 Å². The van der Waals surface area contributed by atoms with Crippen LogP contribution in [0.25, 0.3) is 0 Å². The van der Waals surface area contributed by atoms with E-state index in [4.69, 9.17) is 14.2 Å². The normalized spacial score (nSPS) is 18.0. The Kier molecular flexibility index (Phi) is 4.96. The van der Waals surface area contributed by atoms with Crippen LogP contribution in [0.3, 0.4) is 0 Å². The van der Waals surface area contributed by atoms with Crippen molar-refractivity contribution < 1.29 is 24.1 Å². The maximum Gasteiger partial charge on any atom is 0.204 e. The molecule has 4 rings (SSSR count). The first-order chi connectivity index (χ1) is 14.0. The molecule has 0 amide bonds. The van der Waals surface area contributed by atoms with E-state index in [1.165, 1.54) is 14.2 Å². The minimum atomic E-state index is -1.12. The highest BCUT2D eigenvalue weighted by Crippen LogP contribution is 2.51. The lowest BCUT2D eigenvalue weighted by Gasteiger charge is -2.38. The van der Waals surface area contributed by atoms with E-state index >= 15 is 0 Å². The molecule has 29 heavy (non-hydrogen) atoms. The van der Waals surface area contributed by atoms with E-state index in [1.54, 1.807) is 6.07 Å². The summed E-state index contributed by atoms with van der Waals surface area (Å²) in [5.74, 6) is 0.113. The zero-order valence-electron chi connectivity index (χ0n) is 15.9. The van der Waals surface area contributed by atoms with Crippen molar-refractivity contribution in [2.75, 3.05) is 20.8 Å². The van der Waals surface area contributed by atoms with Crippen molar-refractivity contribution in [3.63, 3.8) is 0 Å². The van der Waals surface area contributed by atoms with Gasteiger partial charge in [-0.1, -0.05) is 58.4 Å². The Balaban J connectivity index is 2.00. The van der Waals surface area contributed by atoms with Crippen LogP contribution in [0.4, 0.5) is 0 Å². The zero-order valence-corrected chi connectivity index (χ0v) is 17.5. The van der Waals surface area contributed by atoms with Crippen LogP contribution in [0.1, 0.15) is 21.5 Å². The third-order valence-corrected chi connectivity index (χ3v) is 5.74. The topological polar surface area (TPSA) is 65.0 Å². The first-order valence-electron chi connectivity index (χ1n) is 9.00. The number of phenolic OH excluding ortho intramolecular Hbond substituents is 1. The molecule has 1 atom stereocenters. The maximum absolute atomic E-state index is 14.0. The van der Waals surface area contributed by atoms with E-state index < -0.39 is 5.41 Å². The van der Waals surface area contributed by atoms with Crippen molar-refractivity contribution in [1.29, 1.82) is 0 Å². The Morgan fingerprint density at radius 1 is 1.00 bits per heavy atom. The van der Waals surface area contributed by atoms with Gasteiger partial charge in [-0.05, 0) is 23.3 Å². The highest BCUT2D eigenvalue weighted by Gasteiger charge is 2.49. The zero-order chi connectivity index (χ0) is 20.6. The van der Waals surface area contributed by atoms with Crippen LogP contribution in [0.2, 0.25) is 0 Å². The Morgan fingerprint density at radius 3 is 2.38 bits per heavy atom. The van der Waals surface area contributed by atoms with Gasteiger partial charge in [0.25, 0.3) is 0 Å². The molecule has 1 N–H and O–H groups in total. The number of aromatic hydroxyl groups is 1. The summed E-state index contributed by atoms with van der Waals surface area (Å²) in [6.07, 6.45) is 0. The van der Waals surface area contributed by atoms with Gasteiger partial charge in [-0.15, -0.1) is 0 Å². The number of Topliss-reactive ketones (excluding diaryl/α,β-unsaturated/α-hetero) is 1. The fraction of sp³-hybridized carbons (Fsp3) is 0.174. The van der Waals surface area contributed by atoms with E-state index in [0.717, 1.165) is 15.6 Å². The second-order valence-corrected chi connectivity index (χ2v) is 7.65. The molecule has 0 aromatic heterocycles. The predicted octanol–water partition coefficient (Wildman–Crippen LogP) is 4.73. The number of benzene rings is 3. The first-order valence-corrected chi connectivity index (χ1v) is 9.79. The smallest absolute Gasteiger partial charge is 0.204 e. The molecular formula is C23H19BrO5. The molecule has 3 aromatic rings. The van der Waals surface area contributed by atoms with Gasteiger partial charge >= 0.3 is 0 Å². The second kappa shape index (κ2) is 7.44. The van der Waals surface area contributed by atoms with Gasteiger partial charge < -0.3 is 19.3 Å². The van der Waals surface area contributed by atoms with Crippen molar-refractivity contribution in [2.24, 2.45) is 0 Å². The number of halogens is 1. The number of carbonyl (C=O) groups excluding carboxylic acids is 1. The molecule has 6 heteroatoms. The number of methoxy groups -OCH3 is 2. The molecular weight excluding hydrogens is 436 g/mol. The Bertz CT molecular complexity index is 1080. The molecule has 0 aliphatic carbocycles. The van der Waals surface area contributed by atoms with Crippen LogP contribution in [-0.4, -0.2) is 31.7 Å². The van der Waals surface area contributed by atoms with Crippen LogP contribution in [0.5, 0.6) is 23.0 Å². The molecule has 0 bridgehead atoms. The first kappa shape index (κ1) is 19.3. The predicted molar refractivity (Wildman–Crippen MR) is 112 cm³/mol. The summed E-state index contributed by atoms with van der Waals surface area (Å²) in [5, 5.41) is 10.9. The molecule has 0 radical (unpaired) electrons. The highest BCUT2D eigenvalue weighted by atomic mass is 79.9. The second-order valence-electron chi connectivity index (χ2n) is 6.73. The van der Waals surface area contributed by atoms with Gasteiger partial charge in [0.15, 0.2) is 17.3 Å². The number of ether oxygens (including phenoxy) is 3. The van der Waals surface area contributed by atoms with Gasteiger partial charge in [0, 0.05) is 10.5 Å². The summed E-state index contributed by atoms with van der Waals surface area (Å²) < 4.78 is 17.5. The van der Waals surface area contributed by atoms with Crippen molar-refractivity contribution in [1.82, 2.24) is 0 Å². The molecule has 0 spiro atoms. The Labute approximate surface area is 177 Å². The molecule has 1 aliphatic rings. The number of rotatable bonds is 4. The molecule has 1 aliphatic heterocycles. The van der Waals surface area contributed by atoms with Gasteiger partial charge in [-0.25, -0.2) is 0 Å². The van der Waals surface area contributed by atoms with E-state index in [2.05, 4.69) is 15.9 Å². The van der Waals surface area contributed by atoms with Crippen LogP contribution >= 0.6 is 15.9 Å². The van der Waals surface area contributed by atoms with Crippen LogP contribution in [0, 0.1) is 0 Å². The van der Waals surface area contributed by atoms with Gasteiger partial charge in [0.1, 0.15) is 23.3 Å². The van der Waals surface area contributed by atoms with Crippen molar-refractivity contribution in [3.8, 4) is 23.0 Å². The maximum atomic E-state index is 14.0. The van der Waals surface area contributed by atoms with Gasteiger partial charge in [-0.3, -0.25) is 4.79 Å². The molecule has 1 unspecified atom stereocenters. The molecule has 5 nitrogen and oxygen atoms in total. The monoisotopic (exact) mass is 454 g/mol. The van der Waals surface area contributed by atoms with Crippen LogP contribution in [0.15, 0.2) is 65.1 Å². The molecule has 0 saturated heterocycles. The van der Waals surface area contributed by atoms with Crippen molar-refractivity contribution in [3.05, 3.63) is 81.8 Å². The van der Waals surface area contributed by atoms with Crippen LogP contribution < -0.4 is 14.2 Å². The molecule has 1 heterocycles. The lowest BCUT2D eigenvalue weighted by molar-refractivity contribution is 0.0811. The summed E-state index contributed by atoms with van der Waals surface area (Å²) in [6, 6.07) is 18.6. The standard InChI is InChI=1S/C23H19BrO5/c1-27-18-12-17-19(20(25)21(18)28-2)22(26)23(13-29-17,14-7-4-3-5-8-14)15-9-6-10-16(24)11-15/h3-12,25H,13H2,1-2H3. The summed E-state index contributed by atoms with van der Waals surface area (Å²) in [5.41, 5.74) is 0.512. The largest absolute Gasteiger partial charge is 0.504 e. The quantitative estimate of drug-likeness (QED) is 0.616. The average molecular weight is 455 g/mol. The third kappa shape index (κ3) is 2.95. The number of hydrogen-bond acceptors (Lipinski definition) is 5. The fourth-order valence-corrected chi connectivity index (χ4v) is 4.22. The lowest BCUT2D eigenvalue weighted by Crippen LogP contribution is -2.46. The molecule has 3 aromatic carbocycles.